The summed E-state index contributed by atoms with van der Waals surface area (Å²) in [6.07, 6.45) is 3.06. The topological polar surface area (TPSA) is 109 Å². The van der Waals surface area contributed by atoms with Gasteiger partial charge in [0.25, 0.3) is 17.1 Å². The van der Waals surface area contributed by atoms with E-state index < -0.39 is 17.9 Å². The van der Waals surface area contributed by atoms with Gasteiger partial charge in [-0.15, -0.1) is 0 Å². The molecule has 2 aromatic rings. The fourth-order valence-corrected chi connectivity index (χ4v) is 3.93. The molecule has 1 aromatic heterocycles. The zero-order valence-corrected chi connectivity index (χ0v) is 18.9. The van der Waals surface area contributed by atoms with E-state index >= 15 is 0 Å². The minimum absolute atomic E-state index is 0.0403. The summed E-state index contributed by atoms with van der Waals surface area (Å²) >= 11 is 0.876. The van der Waals surface area contributed by atoms with E-state index in [0.717, 1.165) is 27.8 Å². The first kappa shape index (κ1) is 23.3. The predicted molar refractivity (Wildman–Crippen MR) is 122 cm³/mol. The van der Waals surface area contributed by atoms with Crippen molar-refractivity contribution in [2.45, 2.75) is 26.8 Å². The molecule has 32 heavy (non-hydrogen) atoms. The van der Waals surface area contributed by atoms with E-state index in [4.69, 9.17) is 4.42 Å². The molecule has 2 N–H and O–H groups in total. The van der Waals surface area contributed by atoms with Crippen LogP contribution in [0.3, 0.4) is 0 Å². The summed E-state index contributed by atoms with van der Waals surface area (Å²) in [6.45, 7) is 5.70. The third-order valence-corrected chi connectivity index (χ3v) is 5.77. The Bertz CT molecular complexity index is 1030. The fourth-order valence-electron chi connectivity index (χ4n) is 3.06. The molecule has 0 saturated carbocycles. The predicted octanol–water partition coefficient (Wildman–Crippen LogP) is 3.20. The van der Waals surface area contributed by atoms with Crippen LogP contribution in [0.1, 0.15) is 35.5 Å². The first-order chi connectivity index (χ1) is 15.3. The third kappa shape index (κ3) is 5.67. The smallest absolute Gasteiger partial charge is 0.293 e. The number of thioether (sulfide) groups is 1. The van der Waals surface area contributed by atoms with E-state index in [1.807, 2.05) is 31.2 Å². The van der Waals surface area contributed by atoms with Gasteiger partial charge in [0.15, 0.2) is 5.76 Å². The zero-order chi connectivity index (χ0) is 23.3. The molecule has 9 heteroatoms. The molecular weight excluding hydrogens is 430 g/mol. The highest BCUT2D eigenvalue weighted by Gasteiger charge is 2.35. The molecular formula is C23H25N3O5S. The number of furan rings is 1. The Kier molecular flexibility index (Phi) is 7.53. The lowest BCUT2D eigenvalue weighted by Crippen LogP contribution is -2.51. The molecule has 8 nitrogen and oxygen atoms in total. The molecule has 4 amide bonds. The van der Waals surface area contributed by atoms with Gasteiger partial charge in [-0.3, -0.25) is 24.1 Å². The first-order valence-electron chi connectivity index (χ1n) is 10.2. The number of nitrogens with one attached hydrogen (secondary N) is 2. The van der Waals surface area contributed by atoms with E-state index in [-0.39, 0.29) is 35.9 Å². The van der Waals surface area contributed by atoms with Crippen molar-refractivity contribution in [3.8, 4) is 0 Å². The van der Waals surface area contributed by atoms with Crippen molar-refractivity contribution in [3.63, 3.8) is 0 Å². The monoisotopic (exact) mass is 455 g/mol. The van der Waals surface area contributed by atoms with Crippen molar-refractivity contribution in [1.29, 1.82) is 0 Å². The molecule has 0 bridgehead atoms. The second-order valence-electron chi connectivity index (χ2n) is 7.71. The van der Waals surface area contributed by atoms with E-state index in [9.17, 15) is 19.2 Å². The minimum Gasteiger partial charge on any atom is -0.459 e. The number of benzene rings is 1. The maximum Gasteiger partial charge on any atom is 0.293 e. The molecule has 2 heterocycles. The highest BCUT2D eigenvalue weighted by molar-refractivity contribution is 8.18. The number of carbonyl (C=O) groups excluding carboxylic acids is 4. The number of nitrogens with zero attached hydrogens (tertiary/aromatic N) is 1. The molecule has 0 radical (unpaired) electrons. The lowest BCUT2D eigenvalue weighted by Gasteiger charge is -2.22. The van der Waals surface area contributed by atoms with Crippen LogP contribution in [0.4, 0.5) is 4.79 Å². The molecule has 1 aliphatic heterocycles. The number of imide groups is 1. The zero-order valence-electron chi connectivity index (χ0n) is 18.1. The Morgan fingerprint density at radius 2 is 1.88 bits per heavy atom. The van der Waals surface area contributed by atoms with Crippen LogP contribution in [0, 0.1) is 12.8 Å². The van der Waals surface area contributed by atoms with Crippen molar-refractivity contribution < 1.29 is 23.6 Å². The Labute approximate surface area is 190 Å². The molecule has 1 fully saturated rings. The summed E-state index contributed by atoms with van der Waals surface area (Å²) in [5.41, 5.74) is 1.94. The maximum absolute atomic E-state index is 12.6. The Hall–Kier alpha value is -3.33. The molecule has 1 aliphatic rings. The second-order valence-corrected chi connectivity index (χ2v) is 8.70. The van der Waals surface area contributed by atoms with Gasteiger partial charge >= 0.3 is 0 Å². The maximum atomic E-state index is 12.6. The average molecular weight is 456 g/mol. The van der Waals surface area contributed by atoms with Gasteiger partial charge in [0.05, 0.1) is 11.2 Å². The first-order valence-corrected chi connectivity index (χ1v) is 11.0. The highest BCUT2D eigenvalue weighted by Crippen LogP contribution is 2.31. The highest BCUT2D eigenvalue weighted by atomic mass is 32.2. The SMILES string of the molecule is Cc1ccc(/C=C2\SC(=O)N(CCNC(=O)C(NC(=O)c3ccco3)C(C)C)C2=O)cc1. The summed E-state index contributed by atoms with van der Waals surface area (Å²) in [5, 5.41) is 4.96. The minimum atomic E-state index is -0.788. The number of aryl methyl sites for hydroxylation is 1. The van der Waals surface area contributed by atoms with Gasteiger partial charge in [0.1, 0.15) is 6.04 Å². The van der Waals surface area contributed by atoms with Gasteiger partial charge in [0, 0.05) is 13.1 Å². The van der Waals surface area contributed by atoms with Gasteiger partial charge in [-0.2, -0.15) is 0 Å². The average Bonchev–Trinajstić information content (AvgIpc) is 3.38. The van der Waals surface area contributed by atoms with Gasteiger partial charge in [0.2, 0.25) is 5.91 Å². The molecule has 1 unspecified atom stereocenters. The quantitative estimate of drug-likeness (QED) is 0.592. The fraction of sp³-hybridized carbons (Fsp3) is 0.304. The van der Waals surface area contributed by atoms with E-state index in [1.54, 1.807) is 26.0 Å². The van der Waals surface area contributed by atoms with Crippen LogP contribution in [0.2, 0.25) is 0 Å². The van der Waals surface area contributed by atoms with Gasteiger partial charge < -0.3 is 15.1 Å². The molecule has 168 valence electrons. The van der Waals surface area contributed by atoms with E-state index in [2.05, 4.69) is 10.6 Å². The number of hydrogen-bond acceptors (Lipinski definition) is 6. The van der Waals surface area contributed by atoms with E-state index in [1.165, 1.54) is 12.3 Å². The number of amides is 4. The number of carbonyl (C=O) groups is 4. The van der Waals surface area contributed by atoms with Crippen LogP contribution in [0.25, 0.3) is 6.08 Å². The van der Waals surface area contributed by atoms with Crippen LogP contribution in [-0.2, 0) is 9.59 Å². The van der Waals surface area contributed by atoms with Crippen molar-refractivity contribution in [3.05, 3.63) is 64.5 Å². The van der Waals surface area contributed by atoms with Gasteiger partial charge in [-0.1, -0.05) is 43.7 Å². The number of rotatable bonds is 8. The summed E-state index contributed by atoms with van der Waals surface area (Å²) in [4.78, 5) is 51.2. The van der Waals surface area contributed by atoms with Crippen LogP contribution >= 0.6 is 11.8 Å². The summed E-state index contributed by atoms with van der Waals surface area (Å²) in [6, 6.07) is 9.93. The van der Waals surface area contributed by atoms with Gasteiger partial charge in [-0.25, -0.2) is 0 Å². The van der Waals surface area contributed by atoms with Crippen molar-refractivity contribution in [2.75, 3.05) is 13.1 Å². The van der Waals surface area contributed by atoms with Crippen molar-refractivity contribution >= 4 is 40.8 Å². The summed E-state index contributed by atoms with van der Waals surface area (Å²) in [7, 11) is 0. The molecule has 1 saturated heterocycles. The lowest BCUT2D eigenvalue weighted by atomic mass is 10.0. The Morgan fingerprint density at radius 1 is 1.16 bits per heavy atom. The molecule has 1 aromatic carbocycles. The standard InChI is InChI=1S/C23H25N3O5S/c1-14(2)19(25-20(27)17-5-4-12-31-17)21(28)24-10-11-26-22(29)18(32-23(26)30)13-16-8-6-15(3)7-9-16/h4-9,12-14,19H,10-11H2,1-3H3,(H,24,28)(H,25,27)/b18-13-. The summed E-state index contributed by atoms with van der Waals surface area (Å²) < 4.78 is 5.05. The van der Waals surface area contributed by atoms with Crippen molar-refractivity contribution in [2.24, 2.45) is 5.92 Å². The Balaban J connectivity index is 1.55. The van der Waals surface area contributed by atoms with Gasteiger partial charge in [-0.05, 0) is 48.4 Å². The normalized spacial score (nSPS) is 16.0. The number of hydrogen-bond donors (Lipinski definition) is 2. The van der Waals surface area contributed by atoms with Crippen LogP contribution in [-0.4, -0.2) is 47.0 Å². The molecule has 3 rings (SSSR count). The lowest BCUT2D eigenvalue weighted by molar-refractivity contribution is -0.125. The summed E-state index contributed by atoms with van der Waals surface area (Å²) in [5.74, 6) is -1.34. The second kappa shape index (κ2) is 10.3. The Morgan fingerprint density at radius 3 is 2.50 bits per heavy atom. The third-order valence-electron chi connectivity index (χ3n) is 4.86. The molecule has 1 atom stereocenters. The molecule has 0 spiro atoms. The van der Waals surface area contributed by atoms with Crippen LogP contribution in [0.15, 0.2) is 52.0 Å². The van der Waals surface area contributed by atoms with Crippen LogP contribution < -0.4 is 10.6 Å². The van der Waals surface area contributed by atoms with Crippen molar-refractivity contribution in [1.82, 2.24) is 15.5 Å². The van der Waals surface area contributed by atoms with E-state index in [0.29, 0.717) is 4.91 Å². The largest absolute Gasteiger partial charge is 0.459 e. The molecule has 0 aliphatic carbocycles. The van der Waals surface area contributed by atoms with Crippen LogP contribution in [0.5, 0.6) is 0 Å².